The van der Waals surface area contributed by atoms with Crippen molar-refractivity contribution < 1.29 is 10.2 Å². The van der Waals surface area contributed by atoms with Crippen LogP contribution in [0.1, 0.15) is 216 Å². The molecule has 2 N–H and O–H groups in total. The molecule has 5 heteroatoms. The lowest BCUT2D eigenvalue weighted by Crippen LogP contribution is -1.92. The van der Waals surface area contributed by atoms with E-state index in [4.69, 9.17) is 0 Å². The van der Waals surface area contributed by atoms with E-state index in [1.807, 2.05) is 36.5 Å². The predicted molar refractivity (Wildman–Crippen MR) is 251 cm³/mol. The normalized spacial score (nSPS) is 11.2. The van der Waals surface area contributed by atoms with E-state index in [0.717, 1.165) is 33.9 Å². The van der Waals surface area contributed by atoms with Crippen LogP contribution in [0.25, 0.3) is 0 Å². The van der Waals surface area contributed by atoms with E-state index >= 15 is 0 Å². The van der Waals surface area contributed by atoms with Gasteiger partial charge in [-0.05, 0) is 78.7 Å². The molecule has 0 saturated carbocycles. The van der Waals surface area contributed by atoms with Crippen molar-refractivity contribution in [1.82, 2.24) is 0 Å². The van der Waals surface area contributed by atoms with E-state index in [-0.39, 0.29) is 0 Å². The molecule has 54 heavy (non-hydrogen) atoms. The molecule has 0 atom stereocenters. The van der Waals surface area contributed by atoms with Crippen LogP contribution in [-0.2, 0) is 17.3 Å². The third-order valence-electron chi connectivity index (χ3n) is 10.6. The first-order valence-corrected chi connectivity index (χ1v) is 26.2. The highest BCUT2D eigenvalue weighted by Gasteiger charge is 2.08. The summed E-state index contributed by atoms with van der Waals surface area (Å²) in [6, 6.07) is 10.3. The Balaban J connectivity index is 0.000000675. The molecule has 0 aromatic heterocycles. The molecule has 0 fully saturated rings. The topological polar surface area (TPSA) is 40.5 Å². The Bertz CT molecular complexity index is 1120. The lowest BCUT2D eigenvalue weighted by atomic mass is 10.1. The second kappa shape index (κ2) is 37.7. The first-order valence-electron chi connectivity index (χ1n) is 22.8. The summed E-state index contributed by atoms with van der Waals surface area (Å²) < 4.78 is 0. The first kappa shape index (κ1) is 51.1. The zero-order valence-electron chi connectivity index (χ0n) is 36.1. The van der Waals surface area contributed by atoms with E-state index in [1.54, 1.807) is 6.07 Å². The summed E-state index contributed by atoms with van der Waals surface area (Å²) in [5, 5.41) is 20.2. The number of benzene rings is 2. The molecule has 0 aliphatic heterocycles. The van der Waals surface area contributed by atoms with Crippen molar-refractivity contribution >= 4 is 35.3 Å². The largest absolute Gasteiger partial charge is 0.508 e. The maximum absolute atomic E-state index is 10.6. The minimum atomic E-state index is 0.424. The quantitative estimate of drug-likeness (QED) is 0.0680. The molecule has 2 aromatic rings. The third-order valence-corrected chi connectivity index (χ3v) is 13.9. The van der Waals surface area contributed by atoms with Gasteiger partial charge in [-0.1, -0.05) is 193 Å². The van der Waals surface area contributed by atoms with Crippen LogP contribution in [0.5, 0.6) is 11.5 Å². The fraction of sp³-hybridized carbons (Fsp3) is 0.755. The number of rotatable bonds is 35. The van der Waals surface area contributed by atoms with Gasteiger partial charge in [0.2, 0.25) is 0 Å². The van der Waals surface area contributed by atoms with Crippen LogP contribution in [-0.4, -0.2) is 27.5 Å². The molecule has 2 rings (SSSR count). The summed E-state index contributed by atoms with van der Waals surface area (Å²) in [6.07, 6.45) is 36.2. The van der Waals surface area contributed by atoms with Crippen molar-refractivity contribution in [3.05, 3.63) is 58.1 Å². The molecule has 0 heterocycles. The SMILES string of the molecule is CCCCCCCCCCCCSCc1cc(C)c(O)c(CSCCCCCCCCCCCC)c1.CCCCCCCCSCc1cccc(O)c1C. The molecule has 0 spiro atoms. The standard InChI is InChI=1S/C33H60OS2.C16H26OS/c1-4-6-8-10-12-14-16-18-20-22-24-35-28-31-26-30(3)33(34)32(27-31)29-36-25-23-21-19-17-15-13-11-9-7-5-2;1-3-4-5-6-7-8-12-18-13-15-10-9-11-16(17)14(15)2/h26-27,34H,4-25,28-29H2,1-3H3;9-11,17H,3-8,12-13H2,1-2H3. The van der Waals surface area contributed by atoms with Gasteiger partial charge in [-0.25, -0.2) is 0 Å². The number of hydrogen-bond acceptors (Lipinski definition) is 5. The minimum Gasteiger partial charge on any atom is -0.508 e. The van der Waals surface area contributed by atoms with Crippen molar-refractivity contribution in [1.29, 1.82) is 0 Å². The summed E-state index contributed by atoms with van der Waals surface area (Å²) in [6.45, 7) is 10.9. The molecule has 0 saturated heterocycles. The molecule has 312 valence electrons. The Labute approximate surface area is 349 Å². The number of phenols is 2. The van der Waals surface area contributed by atoms with Crippen LogP contribution >= 0.6 is 35.3 Å². The number of hydrogen-bond donors (Lipinski definition) is 2. The van der Waals surface area contributed by atoms with Crippen molar-refractivity contribution in [2.45, 2.75) is 219 Å². The highest BCUT2D eigenvalue weighted by Crippen LogP contribution is 2.30. The molecule has 0 amide bonds. The first-order chi connectivity index (χ1) is 26.4. The number of unbranched alkanes of at least 4 members (excludes halogenated alkanes) is 23. The van der Waals surface area contributed by atoms with Gasteiger partial charge in [-0.2, -0.15) is 35.3 Å². The second-order valence-electron chi connectivity index (χ2n) is 15.8. The smallest absolute Gasteiger partial charge is 0.122 e. The second-order valence-corrected chi connectivity index (χ2v) is 19.1. The molecule has 0 bridgehead atoms. The van der Waals surface area contributed by atoms with Gasteiger partial charge < -0.3 is 10.2 Å². The van der Waals surface area contributed by atoms with E-state index in [1.165, 1.54) is 195 Å². The maximum atomic E-state index is 10.6. The monoisotopic (exact) mass is 803 g/mol. The molecule has 2 nitrogen and oxygen atoms in total. The van der Waals surface area contributed by atoms with Crippen molar-refractivity contribution in [3.63, 3.8) is 0 Å². The molecule has 0 aliphatic rings. The van der Waals surface area contributed by atoms with Crippen LogP contribution < -0.4 is 0 Å². The minimum absolute atomic E-state index is 0.424. The summed E-state index contributed by atoms with van der Waals surface area (Å²) in [5.41, 5.74) is 5.87. The fourth-order valence-electron chi connectivity index (χ4n) is 6.88. The lowest BCUT2D eigenvalue weighted by Gasteiger charge is -2.11. The van der Waals surface area contributed by atoms with Gasteiger partial charge in [0.25, 0.3) is 0 Å². The molecular formula is C49H86O2S3. The Hall–Kier alpha value is -0.910. The van der Waals surface area contributed by atoms with Crippen LogP contribution in [0.2, 0.25) is 0 Å². The molecule has 2 aromatic carbocycles. The Morgan fingerprint density at radius 3 is 1.22 bits per heavy atom. The van der Waals surface area contributed by atoms with Crippen LogP contribution in [0.4, 0.5) is 0 Å². The average molecular weight is 803 g/mol. The van der Waals surface area contributed by atoms with E-state index < -0.39 is 0 Å². The van der Waals surface area contributed by atoms with Crippen LogP contribution in [0.3, 0.4) is 0 Å². The van der Waals surface area contributed by atoms with Crippen molar-refractivity contribution in [2.75, 3.05) is 17.3 Å². The highest BCUT2D eigenvalue weighted by atomic mass is 32.2. The number of thioether (sulfide) groups is 3. The lowest BCUT2D eigenvalue weighted by molar-refractivity contribution is 0.466. The third kappa shape index (κ3) is 28.5. The highest BCUT2D eigenvalue weighted by molar-refractivity contribution is 7.98. The predicted octanol–water partition coefficient (Wildman–Crippen LogP) is 17.3. The average Bonchev–Trinajstić information content (AvgIpc) is 3.17. The van der Waals surface area contributed by atoms with Crippen molar-refractivity contribution in [3.8, 4) is 11.5 Å². The van der Waals surface area contributed by atoms with E-state index in [9.17, 15) is 10.2 Å². The summed E-state index contributed by atoms with van der Waals surface area (Å²) in [7, 11) is 0. The Morgan fingerprint density at radius 1 is 0.426 bits per heavy atom. The molecule has 0 radical (unpaired) electrons. The van der Waals surface area contributed by atoms with E-state index in [0.29, 0.717) is 11.5 Å². The zero-order valence-corrected chi connectivity index (χ0v) is 38.6. The Kier molecular flexibility index (Phi) is 35.6. The van der Waals surface area contributed by atoms with Gasteiger partial charge in [0, 0.05) is 22.8 Å². The number of aromatic hydroxyl groups is 2. The molecular weight excluding hydrogens is 717 g/mol. The summed E-state index contributed by atoms with van der Waals surface area (Å²) >= 11 is 6.04. The van der Waals surface area contributed by atoms with Gasteiger partial charge in [-0.3, -0.25) is 0 Å². The Morgan fingerprint density at radius 2 is 0.796 bits per heavy atom. The molecule has 0 unspecified atom stereocenters. The zero-order chi connectivity index (χ0) is 39.3. The summed E-state index contributed by atoms with van der Waals surface area (Å²) in [4.78, 5) is 0. The molecule has 0 aliphatic carbocycles. The van der Waals surface area contributed by atoms with Crippen molar-refractivity contribution in [2.24, 2.45) is 0 Å². The van der Waals surface area contributed by atoms with Crippen LogP contribution in [0.15, 0.2) is 30.3 Å². The number of phenolic OH excluding ortho intramolecular Hbond substituents is 2. The van der Waals surface area contributed by atoms with Crippen LogP contribution in [0, 0.1) is 13.8 Å². The van der Waals surface area contributed by atoms with Gasteiger partial charge in [0.05, 0.1) is 0 Å². The fourth-order valence-corrected chi connectivity index (χ4v) is 9.91. The number of aryl methyl sites for hydroxylation is 1. The summed E-state index contributed by atoms with van der Waals surface area (Å²) in [5.74, 6) is 7.71. The maximum Gasteiger partial charge on any atom is 0.122 e. The van der Waals surface area contributed by atoms with Gasteiger partial charge >= 0.3 is 0 Å². The van der Waals surface area contributed by atoms with Gasteiger partial charge in [-0.15, -0.1) is 0 Å². The van der Waals surface area contributed by atoms with Gasteiger partial charge in [0.15, 0.2) is 0 Å². The van der Waals surface area contributed by atoms with Gasteiger partial charge in [0.1, 0.15) is 11.5 Å². The van der Waals surface area contributed by atoms with E-state index in [2.05, 4.69) is 57.7 Å².